The first-order chi connectivity index (χ1) is 14.6. The lowest BCUT2D eigenvalue weighted by Gasteiger charge is -2.21. The van der Waals surface area contributed by atoms with E-state index in [2.05, 4.69) is 0 Å². The number of carbonyl (C=O) groups is 1. The number of ketones is 1. The van der Waals surface area contributed by atoms with Crippen molar-refractivity contribution in [1.82, 2.24) is 0 Å². The topological polar surface area (TPSA) is 56.5 Å². The standard InChI is InChI=1S/C26H26O4/c1-18-10-12-20(13-11-18)22(27)15-14-21-17-30-24-9-5-8-23(25(24)26(21)28)29-16-19-6-3-2-4-7-19/h5,8-15,17,19H,2-4,6-7,16H2,1H3/b15-14+. The Morgan fingerprint density at radius 2 is 1.87 bits per heavy atom. The molecule has 1 aromatic heterocycles. The fraction of sp³-hybridized carbons (Fsp3) is 0.308. The third-order valence-corrected chi connectivity index (χ3v) is 5.74. The van der Waals surface area contributed by atoms with Crippen molar-refractivity contribution in [2.75, 3.05) is 6.61 Å². The first kappa shape index (κ1) is 20.1. The number of hydrogen-bond donors (Lipinski definition) is 0. The quantitative estimate of drug-likeness (QED) is 0.377. The van der Waals surface area contributed by atoms with Gasteiger partial charge < -0.3 is 9.15 Å². The maximum Gasteiger partial charge on any atom is 0.203 e. The van der Waals surface area contributed by atoms with Crippen molar-refractivity contribution in [2.45, 2.75) is 39.0 Å². The summed E-state index contributed by atoms with van der Waals surface area (Å²) in [6.07, 6.45) is 10.5. The molecule has 0 unspecified atom stereocenters. The van der Waals surface area contributed by atoms with Gasteiger partial charge in [-0.1, -0.05) is 55.2 Å². The van der Waals surface area contributed by atoms with Gasteiger partial charge in [-0.05, 0) is 50.0 Å². The van der Waals surface area contributed by atoms with Gasteiger partial charge >= 0.3 is 0 Å². The molecular formula is C26H26O4. The maximum absolute atomic E-state index is 13.1. The fourth-order valence-corrected chi connectivity index (χ4v) is 3.93. The first-order valence-electron chi connectivity index (χ1n) is 10.6. The van der Waals surface area contributed by atoms with Crippen LogP contribution in [0.1, 0.15) is 53.6 Å². The second-order valence-electron chi connectivity index (χ2n) is 8.03. The molecule has 1 heterocycles. The molecule has 1 saturated carbocycles. The summed E-state index contributed by atoms with van der Waals surface area (Å²) < 4.78 is 11.7. The van der Waals surface area contributed by atoms with Crippen LogP contribution in [-0.2, 0) is 0 Å². The fourth-order valence-electron chi connectivity index (χ4n) is 3.93. The third-order valence-electron chi connectivity index (χ3n) is 5.74. The Labute approximate surface area is 176 Å². The van der Waals surface area contributed by atoms with Gasteiger partial charge in [0.15, 0.2) is 5.78 Å². The molecule has 0 radical (unpaired) electrons. The van der Waals surface area contributed by atoms with E-state index in [1.165, 1.54) is 50.5 Å². The number of hydrogen-bond acceptors (Lipinski definition) is 4. The molecule has 0 bridgehead atoms. The number of benzene rings is 2. The molecule has 0 saturated heterocycles. The van der Waals surface area contributed by atoms with Crippen LogP contribution in [0.15, 0.2) is 64.0 Å². The molecular weight excluding hydrogens is 376 g/mol. The van der Waals surface area contributed by atoms with Gasteiger partial charge in [0.25, 0.3) is 0 Å². The van der Waals surface area contributed by atoms with Crippen LogP contribution in [0.25, 0.3) is 17.0 Å². The van der Waals surface area contributed by atoms with Crippen LogP contribution in [0.2, 0.25) is 0 Å². The van der Waals surface area contributed by atoms with E-state index < -0.39 is 0 Å². The molecule has 3 aromatic rings. The van der Waals surface area contributed by atoms with E-state index in [0.717, 1.165) is 5.56 Å². The molecule has 154 valence electrons. The van der Waals surface area contributed by atoms with Crippen LogP contribution in [-0.4, -0.2) is 12.4 Å². The van der Waals surface area contributed by atoms with Gasteiger partial charge in [-0.25, -0.2) is 0 Å². The number of fused-ring (bicyclic) bond motifs is 1. The van der Waals surface area contributed by atoms with Gasteiger partial charge in [-0.2, -0.15) is 0 Å². The zero-order valence-electron chi connectivity index (χ0n) is 17.2. The highest BCUT2D eigenvalue weighted by atomic mass is 16.5. The normalized spacial score (nSPS) is 15.0. The van der Waals surface area contributed by atoms with Crippen molar-refractivity contribution < 1.29 is 13.9 Å². The van der Waals surface area contributed by atoms with Crippen molar-refractivity contribution >= 4 is 22.8 Å². The molecule has 4 rings (SSSR count). The van der Waals surface area contributed by atoms with Gasteiger partial charge in [0.2, 0.25) is 5.43 Å². The van der Waals surface area contributed by atoms with Gasteiger partial charge in [-0.15, -0.1) is 0 Å². The Balaban J connectivity index is 1.58. The van der Waals surface area contributed by atoms with Crippen LogP contribution >= 0.6 is 0 Å². The van der Waals surface area contributed by atoms with Crippen LogP contribution in [0.4, 0.5) is 0 Å². The minimum Gasteiger partial charge on any atom is -0.492 e. The molecule has 1 aliphatic carbocycles. The van der Waals surface area contributed by atoms with Crippen LogP contribution in [0.5, 0.6) is 5.75 Å². The summed E-state index contributed by atoms with van der Waals surface area (Å²) in [5.41, 5.74) is 2.30. The van der Waals surface area contributed by atoms with E-state index in [9.17, 15) is 9.59 Å². The van der Waals surface area contributed by atoms with Crippen LogP contribution in [0.3, 0.4) is 0 Å². The largest absolute Gasteiger partial charge is 0.492 e. The molecule has 1 fully saturated rings. The van der Waals surface area contributed by atoms with Crippen molar-refractivity contribution in [2.24, 2.45) is 5.92 Å². The third kappa shape index (κ3) is 4.54. The Morgan fingerprint density at radius 1 is 1.10 bits per heavy atom. The molecule has 0 spiro atoms. The van der Waals surface area contributed by atoms with E-state index in [4.69, 9.17) is 9.15 Å². The zero-order chi connectivity index (χ0) is 20.9. The molecule has 0 atom stereocenters. The SMILES string of the molecule is Cc1ccc(C(=O)/C=C/c2coc3cccc(OCC4CCCCC4)c3c2=O)cc1. The lowest BCUT2D eigenvalue weighted by atomic mass is 9.90. The van der Waals surface area contributed by atoms with E-state index >= 15 is 0 Å². The predicted molar refractivity (Wildman–Crippen MR) is 119 cm³/mol. The van der Waals surface area contributed by atoms with Crippen LogP contribution < -0.4 is 10.2 Å². The molecule has 0 N–H and O–H groups in total. The van der Waals surface area contributed by atoms with E-state index in [1.807, 2.05) is 31.2 Å². The smallest absolute Gasteiger partial charge is 0.203 e. The summed E-state index contributed by atoms with van der Waals surface area (Å²) in [5.74, 6) is 0.930. The Hall–Kier alpha value is -3.14. The predicted octanol–water partition coefficient (Wildman–Crippen LogP) is 5.96. The highest BCUT2D eigenvalue weighted by molar-refractivity contribution is 6.06. The lowest BCUT2D eigenvalue weighted by Crippen LogP contribution is -2.16. The number of rotatable bonds is 6. The van der Waals surface area contributed by atoms with Gasteiger partial charge in [0, 0.05) is 5.56 Å². The number of carbonyl (C=O) groups excluding carboxylic acids is 1. The average Bonchev–Trinajstić information content (AvgIpc) is 2.78. The summed E-state index contributed by atoms with van der Waals surface area (Å²) in [6.45, 7) is 2.59. The summed E-state index contributed by atoms with van der Waals surface area (Å²) in [6, 6.07) is 12.7. The molecule has 30 heavy (non-hydrogen) atoms. The lowest BCUT2D eigenvalue weighted by molar-refractivity contribution is 0.104. The molecule has 0 amide bonds. The minimum atomic E-state index is -0.191. The van der Waals surface area contributed by atoms with Crippen molar-refractivity contribution in [3.8, 4) is 5.75 Å². The van der Waals surface area contributed by atoms with E-state index in [1.54, 1.807) is 18.2 Å². The monoisotopic (exact) mass is 402 g/mol. The number of aryl methyl sites for hydroxylation is 1. The highest BCUT2D eigenvalue weighted by Crippen LogP contribution is 2.27. The summed E-state index contributed by atoms with van der Waals surface area (Å²) in [7, 11) is 0. The Morgan fingerprint density at radius 3 is 2.63 bits per heavy atom. The highest BCUT2D eigenvalue weighted by Gasteiger charge is 2.16. The Kier molecular flexibility index (Phi) is 6.12. The average molecular weight is 402 g/mol. The second-order valence-corrected chi connectivity index (χ2v) is 8.03. The van der Waals surface area contributed by atoms with Gasteiger partial charge in [0.05, 0.1) is 12.2 Å². The minimum absolute atomic E-state index is 0.156. The van der Waals surface area contributed by atoms with Crippen molar-refractivity contribution in [3.63, 3.8) is 0 Å². The van der Waals surface area contributed by atoms with Gasteiger partial charge in [0.1, 0.15) is 23.0 Å². The maximum atomic E-state index is 13.1. The van der Waals surface area contributed by atoms with Gasteiger partial charge in [-0.3, -0.25) is 9.59 Å². The zero-order valence-corrected chi connectivity index (χ0v) is 17.2. The summed E-state index contributed by atoms with van der Waals surface area (Å²) >= 11 is 0. The van der Waals surface area contributed by atoms with Crippen molar-refractivity contribution in [1.29, 1.82) is 0 Å². The van der Waals surface area contributed by atoms with E-state index in [0.29, 0.717) is 40.4 Å². The van der Waals surface area contributed by atoms with Crippen LogP contribution in [0, 0.1) is 12.8 Å². The van der Waals surface area contributed by atoms with E-state index in [-0.39, 0.29) is 11.2 Å². The molecule has 4 heteroatoms. The Bertz CT molecular complexity index is 1120. The number of ether oxygens (including phenoxy) is 1. The molecule has 1 aliphatic rings. The first-order valence-corrected chi connectivity index (χ1v) is 10.6. The van der Waals surface area contributed by atoms with Crippen molar-refractivity contribution in [3.05, 3.63) is 81.7 Å². The second kappa shape index (κ2) is 9.12. The number of allylic oxidation sites excluding steroid dienone is 1. The summed E-state index contributed by atoms with van der Waals surface area (Å²) in [4.78, 5) is 25.5. The summed E-state index contributed by atoms with van der Waals surface area (Å²) in [5, 5.41) is 0.429. The molecule has 0 aliphatic heterocycles. The molecule has 4 nitrogen and oxygen atoms in total. The molecule has 2 aromatic carbocycles.